The molecule has 0 saturated carbocycles. The molecule has 1 heteroatoms. The monoisotopic (exact) mass is 430 g/mol. The van der Waals surface area contributed by atoms with Crippen molar-refractivity contribution in [2.24, 2.45) is 16.2 Å². The van der Waals surface area contributed by atoms with Crippen LogP contribution in [0.5, 0.6) is 5.75 Å². The van der Waals surface area contributed by atoms with Gasteiger partial charge in [-0.25, -0.2) is 0 Å². The molecule has 0 spiro atoms. The van der Waals surface area contributed by atoms with E-state index in [0.29, 0.717) is 5.75 Å². The van der Waals surface area contributed by atoms with Crippen LogP contribution in [0.2, 0.25) is 0 Å². The molecule has 0 radical (unpaired) electrons. The second kappa shape index (κ2) is 8.42. The average Bonchev–Trinajstić information content (AvgIpc) is 2.38. The van der Waals surface area contributed by atoms with Crippen LogP contribution in [0.25, 0.3) is 0 Å². The van der Waals surface area contributed by atoms with Crippen LogP contribution in [-0.2, 0) is 16.2 Å². The Bertz CT molecular complexity index is 706. The highest BCUT2D eigenvalue weighted by atomic mass is 16.3. The van der Waals surface area contributed by atoms with Crippen LogP contribution in [0.1, 0.15) is 140 Å². The maximum atomic E-state index is 11.7. The van der Waals surface area contributed by atoms with Crippen LogP contribution in [0.15, 0.2) is 12.1 Å². The third kappa shape index (κ3) is 8.14. The third-order valence-corrected chi connectivity index (χ3v) is 6.27. The Morgan fingerprint density at radius 1 is 0.484 bits per heavy atom. The van der Waals surface area contributed by atoms with Crippen molar-refractivity contribution in [2.75, 3.05) is 0 Å². The van der Waals surface area contributed by atoms with Crippen molar-refractivity contribution in [3.05, 3.63) is 28.8 Å². The van der Waals surface area contributed by atoms with E-state index in [9.17, 15) is 5.11 Å². The van der Waals surface area contributed by atoms with Gasteiger partial charge in [0.05, 0.1) is 0 Å². The van der Waals surface area contributed by atoms with Gasteiger partial charge >= 0.3 is 0 Å². The average molecular weight is 431 g/mol. The first-order chi connectivity index (χ1) is 13.4. The largest absolute Gasteiger partial charge is 0.507 e. The molecule has 1 rings (SSSR count). The molecular weight excluding hydrogens is 376 g/mol. The Morgan fingerprint density at radius 2 is 0.742 bits per heavy atom. The molecule has 31 heavy (non-hydrogen) atoms. The molecule has 0 amide bonds. The molecule has 0 bridgehead atoms. The number of aromatic hydroxyl groups is 1. The highest BCUT2D eigenvalue weighted by Crippen LogP contribution is 2.49. The predicted octanol–water partition coefficient (Wildman–Crippen LogP) is 9.53. The molecule has 180 valence electrons. The van der Waals surface area contributed by atoms with Gasteiger partial charge in [0.15, 0.2) is 0 Å². The maximum absolute atomic E-state index is 11.7. The zero-order valence-electron chi connectivity index (χ0n) is 23.7. The van der Waals surface area contributed by atoms with Crippen LogP contribution in [0, 0.1) is 16.2 Å². The van der Waals surface area contributed by atoms with E-state index in [1.807, 2.05) is 0 Å². The Morgan fingerprint density at radius 3 is 1.00 bits per heavy atom. The molecule has 0 atom stereocenters. The molecule has 1 aromatic rings. The summed E-state index contributed by atoms with van der Waals surface area (Å²) < 4.78 is 0. The third-order valence-electron chi connectivity index (χ3n) is 6.27. The topological polar surface area (TPSA) is 20.2 Å². The first-order valence-corrected chi connectivity index (χ1v) is 12.2. The number of hydrogen-bond donors (Lipinski definition) is 1. The van der Waals surface area contributed by atoms with Gasteiger partial charge in [-0.3, -0.25) is 0 Å². The summed E-state index contributed by atoms with van der Waals surface area (Å²) in [5, 5.41) is 11.7. The molecule has 1 nitrogen and oxygen atoms in total. The molecule has 0 unspecified atom stereocenters. The quantitative estimate of drug-likeness (QED) is 0.476. The van der Waals surface area contributed by atoms with Crippen molar-refractivity contribution in [1.29, 1.82) is 0 Å². The fourth-order valence-corrected chi connectivity index (χ4v) is 6.33. The minimum Gasteiger partial charge on any atom is -0.507 e. The van der Waals surface area contributed by atoms with E-state index in [-0.39, 0.29) is 32.5 Å². The van der Waals surface area contributed by atoms with Crippen LogP contribution in [0.4, 0.5) is 0 Å². The van der Waals surface area contributed by atoms with Crippen LogP contribution >= 0.6 is 0 Å². The van der Waals surface area contributed by atoms with E-state index >= 15 is 0 Å². The minimum atomic E-state index is -0.108. The summed E-state index contributed by atoms with van der Waals surface area (Å²) in [6.07, 6.45) is 3.15. The molecule has 0 fully saturated rings. The number of phenolic OH excluding ortho intramolecular Hbond substituents is 1. The Balaban J connectivity index is 3.83. The number of benzene rings is 1. The van der Waals surface area contributed by atoms with Crippen molar-refractivity contribution in [1.82, 2.24) is 0 Å². The maximum Gasteiger partial charge on any atom is 0.123 e. The molecule has 1 aromatic carbocycles. The normalized spacial score (nSPS) is 14.8. The van der Waals surface area contributed by atoms with Gasteiger partial charge < -0.3 is 5.11 Å². The van der Waals surface area contributed by atoms with Gasteiger partial charge in [-0.15, -0.1) is 0 Å². The van der Waals surface area contributed by atoms with Crippen molar-refractivity contribution in [3.63, 3.8) is 0 Å². The molecule has 0 saturated heterocycles. The first-order valence-electron chi connectivity index (χ1n) is 12.2. The highest BCUT2D eigenvalue weighted by molar-refractivity contribution is 5.52. The summed E-state index contributed by atoms with van der Waals surface area (Å²) in [5.41, 5.74) is 4.01. The molecule has 0 aliphatic carbocycles. The van der Waals surface area contributed by atoms with Gasteiger partial charge in [-0.1, -0.05) is 116 Å². The van der Waals surface area contributed by atoms with E-state index < -0.39 is 0 Å². The second-order valence-corrected chi connectivity index (χ2v) is 15.8. The fourth-order valence-electron chi connectivity index (χ4n) is 6.33. The lowest BCUT2D eigenvalue weighted by atomic mass is 9.65. The van der Waals surface area contributed by atoms with Crippen molar-refractivity contribution < 1.29 is 5.11 Å². The predicted molar refractivity (Wildman–Crippen MR) is 139 cm³/mol. The van der Waals surface area contributed by atoms with Gasteiger partial charge in [-0.05, 0) is 57.3 Å². The van der Waals surface area contributed by atoms with Gasteiger partial charge in [0.2, 0.25) is 0 Å². The number of rotatable bonds is 6. The zero-order valence-corrected chi connectivity index (χ0v) is 23.7. The van der Waals surface area contributed by atoms with Crippen LogP contribution in [0.3, 0.4) is 0 Å². The van der Waals surface area contributed by atoms with Gasteiger partial charge in [0.25, 0.3) is 0 Å². The zero-order chi connectivity index (χ0) is 24.8. The minimum absolute atomic E-state index is 0.0328. The van der Waals surface area contributed by atoms with Crippen LogP contribution < -0.4 is 0 Å². The van der Waals surface area contributed by atoms with Crippen molar-refractivity contribution in [3.8, 4) is 5.75 Å². The van der Waals surface area contributed by atoms with Crippen molar-refractivity contribution >= 4 is 0 Å². The number of phenols is 1. The molecular formula is C30H54O. The highest BCUT2D eigenvalue weighted by Gasteiger charge is 2.37. The summed E-state index contributed by atoms with van der Waals surface area (Å²) in [4.78, 5) is 0. The van der Waals surface area contributed by atoms with E-state index in [2.05, 4.69) is 116 Å². The van der Waals surface area contributed by atoms with Gasteiger partial charge in [0, 0.05) is 11.1 Å². The summed E-state index contributed by atoms with van der Waals surface area (Å²) in [5.74, 6) is 0.513. The van der Waals surface area contributed by atoms with E-state index in [1.165, 1.54) is 5.56 Å². The Hall–Kier alpha value is -0.980. The first kappa shape index (κ1) is 28.1. The standard InChI is InChI=1S/C30H54O/c1-25(2,3)18-28(10,11)21-16-22(29(12,13)19-26(4,5)6)24(31)23(17-21)30(14,15)20-27(7,8)9/h16-17,31H,18-20H2,1-15H3. The van der Waals surface area contributed by atoms with Crippen molar-refractivity contribution in [2.45, 2.75) is 139 Å². The SMILES string of the molecule is CC(C)(C)CC(C)(C)c1cc(C(C)(C)CC(C)(C)C)c(O)c(C(C)(C)CC(C)(C)C)c1. The van der Waals surface area contributed by atoms with Crippen LogP contribution in [-0.4, -0.2) is 5.11 Å². The smallest absolute Gasteiger partial charge is 0.123 e. The lowest BCUT2D eigenvalue weighted by Gasteiger charge is -2.40. The van der Waals surface area contributed by atoms with Gasteiger partial charge in [0.1, 0.15) is 5.75 Å². The van der Waals surface area contributed by atoms with E-state index in [4.69, 9.17) is 0 Å². The Labute approximate surface area is 195 Å². The summed E-state index contributed by atoms with van der Waals surface area (Å²) in [6, 6.07) is 4.65. The fraction of sp³-hybridized carbons (Fsp3) is 0.800. The summed E-state index contributed by atoms with van der Waals surface area (Å²) in [6.45, 7) is 34.7. The molecule has 1 N–H and O–H groups in total. The molecule has 0 aliphatic heterocycles. The second-order valence-electron chi connectivity index (χ2n) is 15.8. The summed E-state index contributed by atoms with van der Waals surface area (Å²) >= 11 is 0. The lowest BCUT2D eigenvalue weighted by molar-refractivity contribution is 0.264. The number of hydrogen-bond acceptors (Lipinski definition) is 1. The van der Waals surface area contributed by atoms with E-state index in [1.54, 1.807) is 0 Å². The molecule has 0 aliphatic rings. The lowest BCUT2D eigenvalue weighted by Crippen LogP contribution is -2.31. The van der Waals surface area contributed by atoms with E-state index in [0.717, 1.165) is 30.4 Å². The van der Waals surface area contributed by atoms with Gasteiger partial charge in [-0.2, -0.15) is 0 Å². The molecule has 0 aromatic heterocycles. The Kier molecular flexibility index (Phi) is 7.62. The summed E-state index contributed by atoms with van der Waals surface area (Å²) in [7, 11) is 0. The molecule has 0 heterocycles.